The van der Waals surface area contributed by atoms with Crippen molar-refractivity contribution in [3.8, 4) is 5.75 Å². The van der Waals surface area contributed by atoms with Gasteiger partial charge in [-0.15, -0.1) is 0 Å². The molecule has 0 aliphatic rings. The molecule has 5 nitrogen and oxygen atoms in total. The van der Waals surface area contributed by atoms with E-state index in [2.05, 4.69) is 6.92 Å². The first-order valence-corrected chi connectivity index (χ1v) is 8.00. The lowest BCUT2D eigenvalue weighted by Gasteiger charge is -2.11. The van der Waals surface area contributed by atoms with Crippen molar-refractivity contribution in [1.82, 2.24) is 0 Å². The van der Waals surface area contributed by atoms with Gasteiger partial charge in [0.15, 0.2) is 0 Å². The number of carbonyl (C=O) groups is 1. The number of nitrogens with zero attached hydrogens (tertiary/aromatic N) is 1. The molecule has 1 rings (SSSR count). The number of nitro benzene ring substituents is 1. The fourth-order valence-electron chi connectivity index (χ4n) is 2.20. The van der Waals surface area contributed by atoms with Crippen molar-refractivity contribution >= 4 is 11.7 Å². The van der Waals surface area contributed by atoms with Gasteiger partial charge in [0.1, 0.15) is 5.75 Å². The number of esters is 1. The van der Waals surface area contributed by atoms with Crippen molar-refractivity contribution < 1.29 is 14.5 Å². The van der Waals surface area contributed by atoms with Crippen molar-refractivity contribution in [2.75, 3.05) is 0 Å². The Kier molecular flexibility index (Phi) is 8.18. The monoisotopic (exact) mass is 307 g/mol. The van der Waals surface area contributed by atoms with Crippen LogP contribution in [0.15, 0.2) is 24.3 Å². The Hall–Kier alpha value is -1.91. The third-order valence-corrected chi connectivity index (χ3v) is 3.66. The highest BCUT2D eigenvalue weighted by Gasteiger charge is 2.15. The van der Waals surface area contributed by atoms with Crippen molar-refractivity contribution in [1.29, 1.82) is 0 Å². The van der Waals surface area contributed by atoms with Crippen LogP contribution in [0, 0.1) is 16.0 Å². The Morgan fingerprint density at radius 1 is 1.14 bits per heavy atom. The lowest BCUT2D eigenvalue weighted by atomic mass is 10.0. The molecule has 0 radical (unpaired) electrons. The van der Waals surface area contributed by atoms with Gasteiger partial charge in [-0.05, 0) is 18.6 Å². The van der Waals surface area contributed by atoms with E-state index in [4.69, 9.17) is 4.74 Å². The Balaban J connectivity index is 2.30. The smallest absolute Gasteiger partial charge is 0.314 e. The molecule has 122 valence electrons. The number of benzene rings is 1. The number of hydrogen-bond acceptors (Lipinski definition) is 4. The Bertz CT molecular complexity index is 470. The highest BCUT2D eigenvalue weighted by molar-refractivity contribution is 5.74. The fourth-order valence-corrected chi connectivity index (χ4v) is 2.20. The van der Waals surface area contributed by atoms with E-state index in [1.807, 2.05) is 6.92 Å². The average molecular weight is 307 g/mol. The number of non-ortho nitro benzene ring substituents is 1. The lowest BCUT2D eigenvalue weighted by molar-refractivity contribution is -0.384. The normalized spacial score (nSPS) is 11.9. The molecule has 0 spiro atoms. The predicted octanol–water partition coefficient (Wildman–Crippen LogP) is 4.89. The lowest BCUT2D eigenvalue weighted by Crippen LogP contribution is -2.17. The molecule has 0 aliphatic carbocycles. The highest BCUT2D eigenvalue weighted by Crippen LogP contribution is 2.20. The third-order valence-electron chi connectivity index (χ3n) is 3.66. The molecule has 1 aromatic carbocycles. The van der Waals surface area contributed by atoms with Gasteiger partial charge in [0.25, 0.3) is 5.69 Å². The maximum Gasteiger partial charge on any atom is 0.314 e. The predicted molar refractivity (Wildman–Crippen MR) is 85.9 cm³/mol. The van der Waals surface area contributed by atoms with Gasteiger partial charge in [-0.2, -0.15) is 0 Å². The molecule has 0 aromatic heterocycles. The Morgan fingerprint density at radius 2 is 1.73 bits per heavy atom. The molecule has 1 aromatic rings. The van der Waals surface area contributed by atoms with Crippen LogP contribution >= 0.6 is 0 Å². The topological polar surface area (TPSA) is 69.4 Å². The summed E-state index contributed by atoms with van der Waals surface area (Å²) in [5.41, 5.74) is -0.0140. The Morgan fingerprint density at radius 3 is 2.32 bits per heavy atom. The molecule has 0 bridgehead atoms. The highest BCUT2D eigenvalue weighted by atomic mass is 16.6. The number of ether oxygens (including phenoxy) is 1. The quantitative estimate of drug-likeness (QED) is 0.203. The molecule has 0 aliphatic heterocycles. The second-order valence-corrected chi connectivity index (χ2v) is 5.63. The molecule has 0 amide bonds. The summed E-state index contributed by atoms with van der Waals surface area (Å²) >= 11 is 0. The Labute approximate surface area is 131 Å². The summed E-state index contributed by atoms with van der Waals surface area (Å²) in [5, 5.41) is 10.6. The first-order valence-electron chi connectivity index (χ1n) is 8.00. The number of unbranched alkanes of at least 4 members (excludes halogenated alkanes) is 5. The van der Waals surface area contributed by atoms with Crippen LogP contribution in [0.5, 0.6) is 5.75 Å². The molecule has 0 heterocycles. The fraction of sp³-hybridized carbons (Fsp3) is 0.588. The van der Waals surface area contributed by atoms with E-state index >= 15 is 0 Å². The van der Waals surface area contributed by atoms with E-state index in [1.165, 1.54) is 49.9 Å². The molecule has 0 saturated heterocycles. The van der Waals surface area contributed by atoms with Gasteiger partial charge in [-0.1, -0.05) is 52.4 Å². The van der Waals surface area contributed by atoms with Gasteiger partial charge in [-0.25, -0.2) is 0 Å². The van der Waals surface area contributed by atoms with E-state index in [-0.39, 0.29) is 17.6 Å². The summed E-state index contributed by atoms with van der Waals surface area (Å²) < 4.78 is 5.24. The average Bonchev–Trinajstić information content (AvgIpc) is 2.51. The van der Waals surface area contributed by atoms with Gasteiger partial charge in [0.2, 0.25) is 0 Å². The van der Waals surface area contributed by atoms with Crippen LogP contribution in [0.4, 0.5) is 5.69 Å². The zero-order valence-electron chi connectivity index (χ0n) is 13.4. The molecule has 22 heavy (non-hydrogen) atoms. The molecule has 0 fully saturated rings. The van der Waals surface area contributed by atoms with Crippen molar-refractivity contribution in [2.45, 2.75) is 58.8 Å². The maximum absolute atomic E-state index is 11.9. The third kappa shape index (κ3) is 6.70. The van der Waals surface area contributed by atoms with Gasteiger partial charge in [0.05, 0.1) is 10.8 Å². The van der Waals surface area contributed by atoms with Gasteiger partial charge >= 0.3 is 5.97 Å². The number of rotatable bonds is 10. The molecule has 1 atom stereocenters. The molecule has 0 saturated carbocycles. The van der Waals surface area contributed by atoms with Gasteiger partial charge in [-0.3, -0.25) is 14.9 Å². The number of nitro groups is 1. The molecule has 5 heteroatoms. The van der Waals surface area contributed by atoms with Crippen LogP contribution < -0.4 is 4.74 Å². The molecular formula is C17H25NO4. The first-order chi connectivity index (χ1) is 10.5. The SMILES string of the molecule is CCCCCCCCC(C)C(=O)Oc1ccc([N+](=O)[O-])cc1. The molecule has 1 unspecified atom stereocenters. The van der Waals surface area contributed by atoms with E-state index in [0.29, 0.717) is 5.75 Å². The van der Waals surface area contributed by atoms with Crippen molar-refractivity contribution in [3.63, 3.8) is 0 Å². The van der Waals surface area contributed by atoms with Crippen LogP contribution in [-0.4, -0.2) is 10.9 Å². The van der Waals surface area contributed by atoms with Crippen molar-refractivity contribution in [2.24, 2.45) is 5.92 Å². The van der Waals surface area contributed by atoms with E-state index in [1.54, 1.807) is 0 Å². The number of carbonyl (C=O) groups excluding carboxylic acids is 1. The summed E-state index contributed by atoms with van der Waals surface area (Å²) in [6, 6.07) is 5.57. The minimum Gasteiger partial charge on any atom is -0.426 e. The van der Waals surface area contributed by atoms with Gasteiger partial charge < -0.3 is 4.74 Å². The zero-order chi connectivity index (χ0) is 16.4. The van der Waals surface area contributed by atoms with Gasteiger partial charge in [0, 0.05) is 12.1 Å². The minimum absolute atomic E-state index is 0.0140. The van der Waals surface area contributed by atoms with E-state index in [9.17, 15) is 14.9 Å². The molecular weight excluding hydrogens is 282 g/mol. The zero-order valence-corrected chi connectivity index (χ0v) is 13.4. The summed E-state index contributed by atoms with van der Waals surface area (Å²) in [6.07, 6.45) is 7.99. The first kappa shape index (κ1) is 18.1. The second-order valence-electron chi connectivity index (χ2n) is 5.63. The van der Waals surface area contributed by atoms with Crippen LogP contribution in [0.25, 0.3) is 0 Å². The van der Waals surface area contributed by atoms with E-state index < -0.39 is 4.92 Å². The van der Waals surface area contributed by atoms with Crippen LogP contribution in [0.3, 0.4) is 0 Å². The maximum atomic E-state index is 11.9. The molecule has 0 N–H and O–H groups in total. The van der Waals surface area contributed by atoms with Crippen LogP contribution in [-0.2, 0) is 4.79 Å². The summed E-state index contributed by atoms with van der Waals surface area (Å²) in [6.45, 7) is 4.05. The number of hydrogen-bond donors (Lipinski definition) is 0. The summed E-state index contributed by atoms with van der Waals surface area (Å²) in [7, 11) is 0. The summed E-state index contributed by atoms with van der Waals surface area (Å²) in [4.78, 5) is 22.0. The van der Waals surface area contributed by atoms with Crippen molar-refractivity contribution in [3.05, 3.63) is 34.4 Å². The summed E-state index contributed by atoms with van der Waals surface area (Å²) in [5.74, 6) is -0.0748. The largest absolute Gasteiger partial charge is 0.426 e. The van der Waals surface area contributed by atoms with Crippen LogP contribution in [0.1, 0.15) is 58.8 Å². The van der Waals surface area contributed by atoms with Crippen LogP contribution in [0.2, 0.25) is 0 Å². The minimum atomic E-state index is -0.479. The van der Waals surface area contributed by atoms with E-state index in [0.717, 1.165) is 19.3 Å². The second kappa shape index (κ2) is 9.92. The standard InChI is InChI=1S/C17H25NO4/c1-3-4-5-6-7-8-9-14(2)17(19)22-16-12-10-15(11-13-16)18(20)21/h10-14H,3-9H2,1-2H3.